The minimum Gasteiger partial charge on any atom is -0.303 e. The fourth-order valence-electron chi connectivity index (χ4n) is 4.08. The number of hydrogen-bond donors (Lipinski definition) is 0. The van der Waals surface area contributed by atoms with Gasteiger partial charge in [0, 0.05) is 17.9 Å². The van der Waals surface area contributed by atoms with E-state index in [9.17, 15) is 0 Å². The van der Waals surface area contributed by atoms with Crippen LogP contribution in [0.15, 0.2) is 12.1 Å². The highest BCUT2D eigenvalue weighted by molar-refractivity contribution is 5.25. The molecular formula is C21H34N2. The summed E-state index contributed by atoms with van der Waals surface area (Å²) in [5.74, 6) is 1.78. The molecule has 1 fully saturated rings. The van der Waals surface area contributed by atoms with Crippen molar-refractivity contribution in [3.05, 3.63) is 29.1 Å². The van der Waals surface area contributed by atoms with E-state index in [-0.39, 0.29) is 0 Å². The largest absolute Gasteiger partial charge is 0.303 e. The van der Waals surface area contributed by atoms with Crippen LogP contribution in [0.5, 0.6) is 0 Å². The van der Waals surface area contributed by atoms with E-state index in [0.29, 0.717) is 0 Å². The highest BCUT2D eigenvalue weighted by Gasteiger charge is 2.22. The Morgan fingerprint density at radius 2 is 2.13 bits per heavy atom. The summed E-state index contributed by atoms with van der Waals surface area (Å²) in [7, 11) is 0. The molecule has 0 saturated carbocycles. The second kappa shape index (κ2) is 8.28. The number of nitrogens with zero attached hydrogens (tertiary/aromatic N) is 2. The molecule has 2 heteroatoms. The Labute approximate surface area is 142 Å². The van der Waals surface area contributed by atoms with Gasteiger partial charge < -0.3 is 4.90 Å². The normalized spacial score (nSPS) is 23.0. The topological polar surface area (TPSA) is 16.1 Å². The van der Waals surface area contributed by atoms with Gasteiger partial charge in [0.15, 0.2) is 0 Å². The number of rotatable bonds is 7. The van der Waals surface area contributed by atoms with Gasteiger partial charge in [0.25, 0.3) is 0 Å². The van der Waals surface area contributed by atoms with Gasteiger partial charge in [-0.3, -0.25) is 4.98 Å². The lowest BCUT2D eigenvalue weighted by molar-refractivity contribution is 0.292. The minimum atomic E-state index is 0.883. The first-order valence-electron chi connectivity index (χ1n) is 9.94. The molecule has 1 saturated heterocycles. The van der Waals surface area contributed by atoms with Crippen molar-refractivity contribution in [3.63, 3.8) is 0 Å². The van der Waals surface area contributed by atoms with Crippen LogP contribution in [0.1, 0.15) is 69.3 Å². The maximum absolute atomic E-state index is 4.95. The molecule has 2 nitrogen and oxygen atoms in total. The van der Waals surface area contributed by atoms with Crippen LogP contribution in [-0.4, -0.2) is 29.5 Å². The highest BCUT2D eigenvalue weighted by atomic mass is 15.1. The standard InChI is InChI=1S/C21H34N2/c1-3-17(2)12-14-23-15-13-18(16-23)8-10-20-11-9-19-6-4-5-7-21(19)22-20/h9,11,17-18H,3-8,10,12-16H2,1-2H3/t17-,18-/m1/s1. The maximum atomic E-state index is 4.95. The van der Waals surface area contributed by atoms with Crippen molar-refractivity contribution in [3.8, 4) is 0 Å². The summed E-state index contributed by atoms with van der Waals surface area (Å²) < 4.78 is 0. The average molecular weight is 315 g/mol. The molecule has 0 N–H and O–H groups in total. The molecule has 1 aromatic heterocycles. The Balaban J connectivity index is 1.42. The number of fused-ring (bicyclic) bond motifs is 1. The van der Waals surface area contributed by atoms with Gasteiger partial charge in [0.05, 0.1) is 0 Å². The molecule has 2 aliphatic rings. The second-order valence-electron chi connectivity index (χ2n) is 7.91. The van der Waals surface area contributed by atoms with Crippen molar-refractivity contribution in [1.29, 1.82) is 0 Å². The van der Waals surface area contributed by atoms with Crippen molar-refractivity contribution >= 4 is 0 Å². The summed E-state index contributed by atoms with van der Waals surface area (Å²) in [6, 6.07) is 4.64. The monoisotopic (exact) mass is 314 g/mol. The lowest BCUT2D eigenvalue weighted by Crippen LogP contribution is -2.23. The molecule has 1 aliphatic carbocycles. The van der Waals surface area contributed by atoms with Crippen molar-refractivity contribution in [2.75, 3.05) is 19.6 Å². The summed E-state index contributed by atoms with van der Waals surface area (Å²) in [5, 5.41) is 0. The Hall–Kier alpha value is -0.890. The number of aromatic nitrogens is 1. The third-order valence-electron chi connectivity index (χ3n) is 6.05. The van der Waals surface area contributed by atoms with Gasteiger partial charge in [-0.15, -0.1) is 0 Å². The zero-order valence-electron chi connectivity index (χ0n) is 15.2. The van der Waals surface area contributed by atoms with E-state index >= 15 is 0 Å². The summed E-state index contributed by atoms with van der Waals surface area (Å²) in [5.41, 5.74) is 4.25. The first kappa shape index (κ1) is 17.0. The summed E-state index contributed by atoms with van der Waals surface area (Å²) in [4.78, 5) is 7.64. The third-order valence-corrected chi connectivity index (χ3v) is 6.05. The molecule has 0 spiro atoms. The van der Waals surface area contributed by atoms with E-state index in [2.05, 4.69) is 30.9 Å². The molecule has 0 bridgehead atoms. The van der Waals surface area contributed by atoms with Crippen molar-refractivity contribution in [2.24, 2.45) is 11.8 Å². The zero-order chi connectivity index (χ0) is 16.1. The smallest absolute Gasteiger partial charge is 0.0438 e. The Kier molecular flexibility index (Phi) is 6.10. The molecule has 2 atom stereocenters. The van der Waals surface area contributed by atoms with Gasteiger partial charge in [-0.05, 0) is 87.9 Å². The van der Waals surface area contributed by atoms with E-state index in [1.807, 2.05) is 0 Å². The fourth-order valence-corrected chi connectivity index (χ4v) is 4.08. The molecule has 2 heterocycles. The molecule has 3 rings (SSSR count). The number of pyridine rings is 1. The molecule has 1 aromatic rings. The molecule has 0 amide bonds. The van der Waals surface area contributed by atoms with Crippen LogP contribution in [0.4, 0.5) is 0 Å². The van der Waals surface area contributed by atoms with Crippen LogP contribution < -0.4 is 0 Å². The van der Waals surface area contributed by atoms with Crippen LogP contribution in [0.25, 0.3) is 0 Å². The summed E-state index contributed by atoms with van der Waals surface area (Å²) >= 11 is 0. The Morgan fingerprint density at radius 1 is 1.26 bits per heavy atom. The van der Waals surface area contributed by atoms with Crippen LogP contribution in [-0.2, 0) is 19.3 Å². The first-order chi connectivity index (χ1) is 11.2. The van der Waals surface area contributed by atoms with Gasteiger partial charge in [0.1, 0.15) is 0 Å². The van der Waals surface area contributed by atoms with Gasteiger partial charge in [-0.25, -0.2) is 0 Å². The number of likely N-dealkylation sites (tertiary alicyclic amines) is 1. The van der Waals surface area contributed by atoms with Gasteiger partial charge in [-0.1, -0.05) is 26.3 Å². The first-order valence-corrected chi connectivity index (χ1v) is 9.94. The predicted molar refractivity (Wildman–Crippen MR) is 97.8 cm³/mol. The van der Waals surface area contributed by atoms with Gasteiger partial charge >= 0.3 is 0 Å². The van der Waals surface area contributed by atoms with E-state index < -0.39 is 0 Å². The molecular weight excluding hydrogens is 280 g/mol. The van der Waals surface area contributed by atoms with E-state index in [1.165, 1.54) is 94.4 Å². The minimum absolute atomic E-state index is 0.883. The highest BCUT2D eigenvalue weighted by Crippen LogP contribution is 2.24. The molecule has 1 aliphatic heterocycles. The average Bonchev–Trinajstić information content (AvgIpc) is 3.05. The van der Waals surface area contributed by atoms with Crippen LogP contribution in [0, 0.1) is 11.8 Å². The van der Waals surface area contributed by atoms with Gasteiger partial charge in [-0.2, -0.15) is 0 Å². The van der Waals surface area contributed by atoms with Crippen molar-refractivity contribution < 1.29 is 0 Å². The summed E-state index contributed by atoms with van der Waals surface area (Å²) in [6.45, 7) is 8.64. The summed E-state index contributed by atoms with van der Waals surface area (Å²) in [6.07, 6.45) is 11.7. The Bertz CT molecular complexity index is 497. The van der Waals surface area contributed by atoms with Crippen molar-refractivity contribution in [1.82, 2.24) is 9.88 Å². The molecule has 128 valence electrons. The van der Waals surface area contributed by atoms with Gasteiger partial charge in [0.2, 0.25) is 0 Å². The van der Waals surface area contributed by atoms with E-state index in [0.717, 1.165) is 11.8 Å². The van der Waals surface area contributed by atoms with E-state index in [1.54, 1.807) is 0 Å². The van der Waals surface area contributed by atoms with E-state index in [4.69, 9.17) is 4.98 Å². The predicted octanol–water partition coefficient (Wildman–Crippen LogP) is 4.65. The van der Waals surface area contributed by atoms with Crippen LogP contribution in [0.2, 0.25) is 0 Å². The number of hydrogen-bond acceptors (Lipinski definition) is 2. The molecule has 0 radical (unpaired) electrons. The van der Waals surface area contributed by atoms with Crippen LogP contribution >= 0.6 is 0 Å². The molecule has 23 heavy (non-hydrogen) atoms. The SMILES string of the molecule is CC[C@@H](C)CCN1CC[C@@H](CCc2ccc3c(n2)CCCC3)C1. The lowest BCUT2D eigenvalue weighted by atomic mass is 9.95. The maximum Gasteiger partial charge on any atom is 0.0438 e. The quantitative estimate of drug-likeness (QED) is 0.728. The fraction of sp³-hybridized carbons (Fsp3) is 0.762. The lowest BCUT2D eigenvalue weighted by Gasteiger charge is -2.18. The molecule has 0 unspecified atom stereocenters. The third kappa shape index (κ3) is 4.79. The number of aryl methyl sites for hydroxylation is 3. The molecule has 0 aromatic carbocycles. The van der Waals surface area contributed by atoms with Crippen LogP contribution in [0.3, 0.4) is 0 Å². The van der Waals surface area contributed by atoms with Crippen molar-refractivity contribution in [2.45, 2.75) is 71.6 Å². The zero-order valence-corrected chi connectivity index (χ0v) is 15.2. The second-order valence-corrected chi connectivity index (χ2v) is 7.91. The Morgan fingerprint density at radius 3 is 3.00 bits per heavy atom.